The van der Waals surface area contributed by atoms with Crippen LogP contribution in [0.15, 0.2) is 18.2 Å². The molecule has 1 aromatic heterocycles. The van der Waals surface area contributed by atoms with Crippen LogP contribution in [0.5, 0.6) is 5.75 Å². The average molecular weight is 303 g/mol. The lowest BCUT2D eigenvalue weighted by atomic mass is 10.1. The molecule has 0 aliphatic carbocycles. The number of aromatic amines is 1. The molecular weight excluding hydrogens is 282 g/mol. The molecule has 2 N–H and O–H groups in total. The number of carboxylic acids is 1. The van der Waals surface area contributed by atoms with Gasteiger partial charge in [-0.1, -0.05) is 6.92 Å². The average Bonchev–Trinajstić information content (AvgIpc) is 3.14. The minimum atomic E-state index is -0.742. The summed E-state index contributed by atoms with van der Waals surface area (Å²) in [6, 6.07) is 5.30. The highest BCUT2D eigenvalue weighted by atomic mass is 16.5. The van der Waals surface area contributed by atoms with Gasteiger partial charge in [-0.25, -0.2) is 4.98 Å². The fraction of sp³-hybridized carbons (Fsp3) is 0.500. The molecule has 2 atom stereocenters. The molecule has 22 heavy (non-hydrogen) atoms. The molecule has 2 unspecified atom stereocenters. The van der Waals surface area contributed by atoms with Crippen molar-refractivity contribution in [1.29, 1.82) is 0 Å². The van der Waals surface area contributed by atoms with Gasteiger partial charge in [0, 0.05) is 6.07 Å². The number of carbonyl (C=O) groups is 1. The summed E-state index contributed by atoms with van der Waals surface area (Å²) in [5.41, 5.74) is 1.79. The predicted molar refractivity (Wildman–Crippen MR) is 83.0 cm³/mol. The molecule has 2 aromatic rings. The summed E-state index contributed by atoms with van der Waals surface area (Å²) in [7, 11) is 1.63. The van der Waals surface area contributed by atoms with E-state index in [-0.39, 0.29) is 6.04 Å². The van der Waals surface area contributed by atoms with E-state index in [2.05, 4.69) is 21.8 Å². The number of hydrogen-bond donors (Lipinski definition) is 2. The first-order chi connectivity index (χ1) is 10.6. The van der Waals surface area contributed by atoms with E-state index < -0.39 is 12.0 Å². The second-order valence-electron chi connectivity index (χ2n) is 5.66. The molecular formula is C16H21N3O3. The fourth-order valence-electron chi connectivity index (χ4n) is 3.31. The molecule has 2 heterocycles. The monoisotopic (exact) mass is 303 g/mol. The van der Waals surface area contributed by atoms with Crippen LogP contribution < -0.4 is 4.74 Å². The van der Waals surface area contributed by atoms with Crippen LogP contribution in [0.2, 0.25) is 0 Å². The summed E-state index contributed by atoms with van der Waals surface area (Å²) in [6.07, 6.45) is 2.45. The Bertz CT molecular complexity index is 682. The summed E-state index contributed by atoms with van der Waals surface area (Å²) in [4.78, 5) is 21.5. The van der Waals surface area contributed by atoms with Gasteiger partial charge in [0.15, 0.2) is 0 Å². The largest absolute Gasteiger partial charge is 0.497 e. The summed E-state index contributed by atoms with van der Waals surface area (Å²) < 4.78 is 5.23. The molecule has 1 fully saturated rings. The van der Waals surface area contributed by atoms with Crippen molar-refractivity contribution in [3.05, 3.63) is 24.0 Å². The Morgan fingerprint density at radius 2 is 2.41 bits per heavy atom. The van der Waals surface area contributed by atoms with Crippen molar-refractivity contribution in [2.75, 3.05) is 13.7 Å². The maximum atomic E-state index is 11.4. The van der Waals surface area contributed by atoms with E-state index >= 15 is 0 Å². The smallest absolute Gasteiger partial charge is 0.320 e. The Hall–Kier alpha value is -2.08. The molecule has 1 aliphatic rings. The third-order valence-corrected chi connectivity index (χ3v) is 4.39. The van der Waals surface area contributed by atoms with Crippen LogP contribution in [0.3, 0.4) is 0 Å². The van der Waals surface area contributed by atoms with Crippen molar-refractivity contribution >= 4 is 17.0 Å². The Labute approximate surface area is 129 Å². The number of aromatic nitrogens is 2. The second-order valence-corrected chi connectivity index (χ2v) is 5.66. The third-order valence-electron chi connectivity index (χ3n) is 4.39. The predicted octanol–water partition coefficient (Wildman–Crippen LogP) is 2.57. The molecule has 1 aliphatic heterocycles. The first-order valence-electron chi connectivity index (χ1n) is 7.66. The van der Waals surface area contributed by atoms with Crippen molar-refractivity contribution in [1.82, 2.24) is 14.9 Å². The molecule has 0 radical (unpaired) electrons. The highest BCUT2D eigenvalue weighted by molar-refractivity contribution is 5.77. The number of rotatable bonds is 5. The van der Waals surface area contributed by atoms with Gasteiger partial charge in [-0.2, -0.15) is 0 Å². The number of likely N-dealkylation sites (tertiary alicyclic amines) is 1. The lowest BCUT2D eigenvalue weighted by Crippen LogP contribution is -2.39. The van der Waals surface area contributed by atoms with Gasteiger partial charge in [-0.3, -0.25) is 9.69 Å². The van der Waals surface area contributed by atoms with E-state index in [0.717, 1.165) is 42.0 Å². The van der Waals surface area contributed by atoms with Crippen molar-refractivity contribution in [3.8, 4) is 5.75 Å². The van der Waals surface area contributed by atoms with E-state index in [1.54, 1.807) is 7.11 Å². The van der Waals surface area contributed by atoms with E-state index in [1.807, 2.05) is 18.2 Å². The Morgan fingerprint density at radius 3 is 3.09 bits per heavy atom. The SMILES string of the molecule is CCC(c1nc2ccc(OC)cc2[nH]1)N1CCCC1C(=O)O. The van der Waals surface area contributed by atoms with Crippen LogP contribution in [-0.2, 0) is 4.79 Å². The van der Waals surface area contributed by atoms with Gasteiger partial charge < -0.3 is 14.8 Å². The quantitative estimate of drug-likeness (QED) is 0.887. The van der Waals surface area contributed by atoms with E-state index in [0.29, 0.717) is 6.42 Å². The Balaban J connectivity index is 1.94. The van der Waals surface area contributed by atoms with Crippen molar-refractivity contribution in [3.63, 3.8) is 0 Å². The topological polar surface area (TPSA) is 78.5 Å². The molecule has 118 valence electrons. The van der Waals surface area contributed by atoms with Gasteiger partial charge in [-0.05, 0) is 37.9 Å². The summed E-state index contributed by atoms with van der Waals surface area (Å²) in [5, 5.41) is 9.39. The standard InChI is InChI=1S/C16H21N3O3/c1-3-13(19-8-4-5-14(19)16(20)21)15-17-11-7-6-10(22-2)9-12(11)18-15/h6-7,9,13-14H,3-5,8H2,1-2H3,(H,17,18)(H,20,21). The van der Waals surface area contributed by atoms with Crippen molar-refractivity contribution < 1.29 is 14.6 Å². The Morgan fingerprint density at radius 1 is 1.59 bits per heavy atom. The van der Waals surface area contributed by atoms with Crippen LogP contribution in [0.4, 0.5) is 0 Å². The molecule has 0 spiro atoms. The van der Waals surface area contributed by atoms with E-state index in [9.17, 15) is 9.90 Å². The Kier molecular flexibility index (Phi) is 4.02. The molecule has 6 heteroatoms. The van der Waals surface area contributed by atoms with Crippen LogP contribution in [-0.4, -0.2) is 45.6 Å². The van der Waals surface area contributed by atoms with Gasteiger partial charge in [0.2, 0.25) is 0 Å². The molecule has 3 rings (SSSR count). The number of benzene rings is 1. The first kappa shape index (κ1) is 14.8. The van der Waals surface area contributed by atoms with E-state index in [1.165, 1.54) is 0 Å². The molecule has 1 aromatic carbocycles. The number of nitrogens with zero attached hydrogens (tertiary/aromatic N) is 2. The zero-order valence-electron chi connectivity index (χ0n) is 12.9. The molecule has 1 saturated heterocycles. The molecule has 0 amide bonds. The zero-order valence-corrected chi connectivity index (χ0v) is 12.9. The number of carboxylic acid groups (broad SMARTS) is 1. The lowest BCUT2D eigenvalue weighted by Gasteiger charge is -2.28. The number of nitrogens with one attached hydrogen (secondary N) is 1. The highest BCUT2D eigenvalue weighted by Crippen LogP contribution is 2.32. The van der Waals surface area contributed by atoms with Crippen LogP contribution in [0.25, 0.3) is 11.0 Å². The summed E-state index contributed by atoms with van der Waals surface area (Å²) in [6.45, 7) is 2.87. The second kappa shape index (κ2) is 5.96. The lowest BCUT2D eigenvalue weighted by molar-refractivity contribution is -0.143. The van der Waals surface area contributed by atoms with Gasteiger partial charge in [0.25, 0.3) is 0 Å². The minimum absolute atomic E-state index is 0.00185. The maximum absolute atomic E-state index is 11.4. The first-order valence-corrected chi connectivity index (χ1v) is 7.66. The number of imidazole rings is 1. The van der Waals surface area contributed by atoms with E-state index in [4.69, 9.17) is 4.74 Å². The maximum Gasteiger partial charge on any atom is 0.320 e. The number of ether oxygens (including phenoxy) is 1. The number of methoxy groups -OCH3 is 1. The molecule has 0 bridgehead atoms. The normalized spacial score (nSPS) is 20.4. The number of aliphatic carboxylic acids is 1. The summed E-state index contributed by atoms with van der Waals surface area (Å²) in [5.74, 6) is 0.868. The zero-order chi connectivity index (χ0) is 15.7. The van der Waals surface area contributed by atoms with Gasteiger partial charge in [0.1, 0.15) is 17.6 Å². The van der Waals surface area contributed by atoms with Crippen LogP contribution >= 0.6 is 0 Å². The number of H-pyrrole nitrogens is 1. The van der Waals surface area contributed by atoms with Gasteiger partial charge >= 0.3 is 5.97 Å². The van der Waals surface area contributed by atoms with Crippen LogP contribution in [0, 0.1) is 0 Å². The fourth-order valence-corrected chi connectivity index (χ4v) is 3.31. The van der Waals surface area contributed by atoms with Crippen molar-refractivity contribution in [2.24, 2.45) is 0 Å². The highest BCUT2D eigenvalue weighted by Gasteiger charge is 2.36. The molecule has 0 saturated carbocycles. The van der Waals surface area contributed by atoms with Crippen molar-refractivity contribution in [2.45, 2.75) is 38.3 Å². The minimum Gasteiger partial charge on any atom is -0.497 e. The van der Waals surface area contributed by atoms with Gasteiger partial charge in [0.05, 0.1) is 24.2 Å². The number of hydrogen-bond acceptors (Lipinski definition) is 4. The van der Waals surface area contributed by atoms with Crippen LogP contribution in [0.1, 0.15) is 38.1 Å². The van der Waals surface area contributed by atoms with Gasteiger partial charge in [-0.15, -0.1) is 0 Å². The number of fused-ring (bicyclic) bond motifs is 1. The molecule has 6 nitrogen and oxygen atoms in total. The summed E-state index contributed by atoms with van der Waals surface area (Å²) >= 11 is 0. The third kappa shape index (κ3) is 2.54.